The van der Waals surface area contributed by atoms with Crippen LogP contribution in [0.3, 0.4) is 0 Å². The summed E-state index contributed by atoms with van der Waals surface area (Å²) in [7, 11) is 0. The maximum Gasteiger partial charge on any atom is 1.00 e. The number of carbonyl (C=O) groups is 3. The Bertz CT molecular complexity index is 1240. The van der Waals surface area contributed by atoms with Gasteiger partial charge in [0.15, 0.2) is 0 Å². The van der Waals surface area contributed by atoms with Crippen molar-refractivity contribution in [1.82, 2.24) is 10.2 Å². The average molecular weight is 645 g/mol. The standard InChI is InChI=1S/C37H54N2O5S.Li/c1-5-7-14-28(6-2)26-44-37(43)39(25-30-15-9-8-10-16-30)22-20-29-18-19-32(33(24-29)31-17-12-11-13-27(31)3)35(40)38-34(36(41)42)21-23-45-4;/h11-13,17-19,24,28,30,34H,5-10,14-16,20-23,25-26H2,1-4H3,(H,38,40)(H,41,42);/q;+1/p-1/t28?,34-;/m0./s1. The van der Waals surface area contributed by atoms with E-state index in [1.165, 1.54) is 31.0 Å². The van der Waals surface area contributed by atoms with Crippen LogP contribution < -0.4 is 29.3 Å². The Labute approximate surface area is 293 Å². The molecule has 1 N–H and O–H groups in total. The molecule has 1 saturated carbocycles. The molecule has 2 atom stereocenters. The molecule has 2 aromatic rings. The summed E-state index contributed by atoms with van der Waals surface area (Å²) in [5.41, 5.74) is 4.08. The van der Waals surface area contributed by atoms with Gasteiger partial charge in [-0.3, -0.25) is 4.79 Å². The van der Waals surface area contributed by atoms with Crippen LogP contribution in [0.15, 0.2) is 42.5 Å². The van der Waals surface area contributed by atoms with Gasteiger partial charge < -0.3 is 24.9 Å². The van der Waals surface area contributed by atoms with Crippen molar-refractivity contribution < 1.29 is 43.1 Å². The minimum Gasteiger partial charge on any atom is -0.548 e. The van der Waals surface area contributed by atoms with Crippen LogP contribution in [0.2, 0.25) is 0 Å². The molecule has 0 spiro atoms. The van der Waals surface area contributed by atoms with Gasteiger partial charge in [0, 0.05) is 18.7 Å². The minimum absolute atomic E-state index is 0. The molecule has 0 aromatic heterocycles. The van der Waals surface area contributed by atoms with E-state index in [9.17, 15) is 19.5 Å². The van der Waals surface area contributed by atoms with Crippen molar-refractivity contribution in [2.75, 3.05) is 31.7 Å². The maximum absolute atomic E-state index is 13.5. The molecule has 2 amide bonds. The van der Waals surface area contributed by atoms with E-state index < -0.39 is 17.9 Å². The van der Waals surface area contributed by atoms with E-state index in [4.69, 9.17) is 4.74 Å². The van der Waals surface area contributed by atoms with Crippen molar-refractivity contribution in [3.63, 3.8) is 0 Å². The molecule has 1 aliphatic carbocycles. The molecule has 46 heavy (non-hydrogen) atoms. The van der Waals surface area contributed by atoms with E-state index in [-0.39, 0.29) is 31.4 Å². The average Bonchev–Trinajstić information content (AvgIpc) is 3.05. The Morgan fingerprint density at radius 3 is 2.43 bits per heavy atom. The third-order valence-electron chi connectivity index (χ3n) is 9.08. The summed E-state index contributed by atoms with van der Waals surface area (Å²) >= 11 is 1.52. The van der Waals surface area contributed by atoms with Gasteiger partial charge in [-0.2, -0.15) is 11.8 Å². The first-order chi connectivity index (χ1) is 21.8. The van der Waals surface area contributed by atoms with E-state index >= 15 is 0 Å². The van der Waals surface area contributed by atoms with E-state index in [1.54, 1.807) is 6.07 Å². The Kier molecular flexibility index (Phi) is 18.6. The molecule has 0 saturated heterocycles. The van der Waals surface area contributed by atoms with Crippen molar-refractivity contribution in [2.45, 2.75) is 97.4 Å². The fourth-order valence-corrected chi connectivity index (χ4v) is 6.62. The van der Waals surface area contributed by atoms with Gasteiger partial charge in [-0.15, -0.1) is 0 Å². The second kappa shape index (κ2) is 21.5. The molecule has 0 bridgehead atoms. The quantitative estimate of drug-likeness (QED) is 0.246. The van der Waals surface area contributed by atoms with Crippen LogP contribution in [0.25, 0.3) is 11.1 Å². The summed E-state index contributed by atoms with van der Waals surface area (Å²) in [5.74, 6) is -0.249. The number of amides is 2. The van der Waals surface area contributed by atoms with Crippen molar-refractivity contribution >= 4 is 29.7 Å². The van der Waals surface area contributed by atoms with Gasteiger partial charge in [0.1, 0.15) is 0 Å². The monoisotopic (exact) mass is 644 g/mol. The van der Waals surface area contributed by atoms with E-state index in [0.717, 1.165) is 60.8 Å². The normalized spacial score (nSPS) is 14.5. The Morgan fingerprint density at radius 2 is 1.78 bits per heavy atom. The maximum atomic E-state index is 13.5. The number of hydrogen-bond donors (Lipinski definition) is 1. The van der Waals surface area contributed by atoms with Crippen LogP contribution in [0.5, 0.6) is 0 Å². The smallest absolute Gasteiger partial charge is 0.548 e. The molecule has 1 fully saturated rings. The zero-order valence-corrected chi connectivity index (χ0v) is 29.6. The van der Waals surface area contributed by atoms with Crippen molar-refractivity contribution in [3.05, 3.63) is 59.2 Å². The molecular weight excluding hydrogens is 591 g/mol. The predicted molar refractivity (Wildman–Crippen MR) is 182 cm³/mol. The first kappa shape index (κ1) is 39.8. The Morgan fingerprint density at radius 1 is 1.04 bits per heavy atom. The fraction of sp³-hybridized carbons (Fsp3) is 0.595. The molecule has 248 valence electrons. The molecule has 0 aliphatic heterocycles. The minimum atomic E-state index is -1.29. The fourth-order valence-electron chi connectivity index (χ4n) is 6.14. The number of rotatable bonds is 18. The number of aryl methyl sites for hydroxylation is 1. The molecule has 3 rings (SSSR count). The van der Waals surface area contributed by atoms with Gasteiger partial charge in [0.2, 0.25) is 0 Å². The zero-order valence-electron chi connectivity index (χ0n) is 28.8. The molecule has 9 heteroatoms. The van der Waals surface area contributed by atoms with Gasteiger partial charge in [-0.1, -0.05) is 88.8 Å². The summed E-state index contributed by atoms with van der Waals surface area (Å²) in [4.78, 5) is 40.5. The van der Waals surface area contributed by atoms with Gasteiger partial charge >= 0.3 is 25.0 Å². The number of aliphatic carboxylic acids is 1. The van der Waals surface area contributed by atoms with E-state index in [0.29, 0.717) is 49.3 Å². The Hall–Kier alpha value is -2.40. The number of hydrogen-bond acceptors (Lipinski definition) is 6. The third-order valence-corrected chi connectivity index (χ3v) is 9.73. The number of ether oxygens (including phenoxy) is 1. The number of nitrogens with one attached hydrogen (secondary N) is 1. The largest absolute Gasteiger partial charge is 1.00 e. The van der Waals surface area contributed by atoms with Gasteiger partial charge in [-0.05, 0) is 91.2 Å². The Balaban J connectivity index is 0.00000736. The number of nitrogens with zero attached hydrogens (tertiary/aromatic N) is 1. The number of carboxylic acid groups (broad SMARTS) is 1. The van der Waals surface area contributed by atoms with Gasteiger partial charge in [0.05, 0.1) is 18.6 Å². The van der Waals surface area contributed by atoms with Crippen LogP contribution in [0.1, 0.15) is 99.5 Å². The molecular formula is C37H53LiN2O5S. The summed E-state index contributed by atoms with van der Waals surface area (Å²) in [6, 6.07) is 12.5. The molecule has 0 radical (unpaired) electrons. The van der Waals surface area contributed by atoms with Crippen LogP contribution in [-0.2, 0) is 16.0 Å². The van der Waals surface area contributed by atoms with Crippen LogP contribution in [0, 0.1) is 18.8 Å². The second-order valence-electron chi connectivity index (χ2n) is 12.5. The van der Waals surface area contributed by atoms with Gasteiger partial charge in [0.25, 0.3) is 5.91 Å². The summed E-state index contributed by atoms with van der Waals surface area (Å²) < 4.78 is 5.91. The molecule has 2 aromatic carbocycles. The van der Waals surface area contributed by atoms with Crippen molar-refractivity contribution in [1.29, 1.82) is 0 Å². The summed E-state index contributed by atoms with van der Waals surface area (Å²) in [6.07, 6.45) is 12.9. The third kappa shape index (κ3) is 12.7. The van der Waals surface area contributed by atoms with Crippen LogP contribution in [0.4, 0.5) is 4.79 Å². The molecule has 0 heterocycles. The SMILES string of the molecule is CCCCC(CC)COC(=O)N(CCc1ccc(C(=O)N[C@@H](CCSC)C(=O)[O-])c(-c2ccccc2C)c1)CC1CCCCC1.[Li+]. The number of unbranched alkanes of at least 4 members (excludes halogenated alkanes) is 1. The molecule has 1 aliphatic rings. The van der Waals surface area contributed by atoms with Crippen molar-refractivity contribution in [2.24, 2.45) is 11.8 Å². The van der Waals surface area contributed by atoms with Crippen molar-refractivity contribution in [3.8, 4) is 11.1 Å². The first-order valence-electron chi connectivity index (χ1n) is 16.9. The van der Waals surface area contributed by atoms with E-state index in [2.05, 4.69) is 19.2 Å². The van der Waals surface area contributed by atoms with Crippen LogP contribution >= 0.6 is 11.8 Å². The summed E-state index contributed by atoms with van der Waals surface area (Å²) in [5, 5.41) is 14.4. The summed E-state index contributed by atoms with van der Waals surface area (Å²) in [6.45, 7) is 8.04. The number of benzene rings is 2. The predicted octanol–water partition coefficient (Wildman–Crippen LogP) is 4.05. The van der Waals surface area contributed by atoms with Crippen LogP contribution in [-0.4, -0.2) is 60.6 Å². The number of carbonyl (C=O) groups excluding carboxylic acids is 3. The van der Waals surface area contributed by atoms with Gasteiger partial charge in [-0.25, -0.2) is 4.79 Å². The topological polar surface area (TPSA) is 98.8 Å². The molecule has 7 nitrogen and oxygen atoms in total. The first-order valence-corrected chi connectivity index (χ1v) is 18.3. The number of carboxylic acids is 1. The van der Waals surface area contributed by atoms with E-state index in [1.807, 2.05) is 54.5 Å². The molecule has 1 unspecified atom stereocenters. The number of thioether (sulfide) groups is 1. The zero-order chi connectivity index (χ0) is 32.6. The second-order valence-corrected chi connectivity index (χ2v) is 13.5.